The van der Waals surface area contributed by atoms with Crippen molar-refractivity contribution in [3.05, 3.63) is 55.8 Å². The minimum atomic E-state index is -0.0820. The summed E-state index contributed by atoms with van der Waals surface area (Å²) in [5.74, 6) is 0. The number of ether oxygens (including phenoxy) is 1. The summed E-state index contributed by atoms with van der Waals surface area (Å²) in [7, 11) is 2.18. The summed E-state index contributed by atoms with van der Waals surface area (Å²) in [6, 6.07) is 6.90. The molecule has 0 spiro atoms. The lowest BCUT2D eigenvalue weighted by atomic mass is 10.0. The molecule has 38 heavy (non-hydrogen) atoms. The lowest BCUT2D eigenvalue weighted by molar-refractivity contribution is 0.0904. The molecule has 3 N–H and O–H groups in total. The van der Waals surface area contributed by atoms with Gasteiger partial charge >= 0.3 is 0 Å². The maximum Gasteiger partial charge on any atom is 0.259 e. The number of benzene rings is 1. The van der Waals surface area contributed by atoms with Gasteiger partial charge in [-0.3, -0.25) is 4.79 Å². The van der Waals surface area contributed by atoms with Crippen molar-refractivity contribution < 1.29 is 4.74 Å². The molecule has 0 bridgehead atoms. The highest BCUT2D eigenvalue weighted by atomic mass is 16.5. The zero-order valence-electron chi connectivity index (χ0n) is 24.0. The van der Waals surface area contributed by atoms with Gasteiger partial charge < -0.3 is 30.2 Å². The zero-order valence-corrected chi connectivity index (χ0v) is 24.0. The first kappa shape index (κ1) is 28.0. The van der Waals surface area contributed by atoms with Crippen molar-refractivity contribution in [2.45, 2.75) is 59.9 Å². The molecular weight excluding hydrogens is 474 g/mol. The molecule has 2 aliphatic heterocycles. The van der Waals surface area contributed by atoms with Gasteiger partial charge in [0.05, 0.1) is 16.9 Å². The number of pyridine rings is 1. The molecule has 2 fully saturated rings. The lowest BCUT2D eigenvalue weighted by Gasteiger charge is -2.34. The molecule has 0 amide bonds. The van der Waals surface area contributed by atoms with E-state index in [0.29, 0.717) is 5.56 Å². The third kappa shape index (κ3) is 6.16. The highest BCUT2D eigenvalue weighted by Crippen LogP contribution is 2.30. The third-order valence-electron chi connectivity index (χ3n) is 7.99. The first-order valence-corrected chi connectivity index (χ1v) is 14.1. The van der Waals surface area contributed by atoms with Crippen LogP contribution in [-0.2, 0) is 4.74 Å². The van der Waals surface area contributed by atoms with Gasteiger partial charge in [-0.15, -0.1) is 0 Å². The van der Waals surface area contributed by atoms with E-state index in [9.17, 15) is 4.79 Å². The van der Waals surface area contributed by atoms with Crippen LogP contribution in [0.3, 0.4) is 0 Å². The van der Waals surface area contributed by atoms with Crippen molar-refractivity contribution >= 4 is 34.9 Å². The molecule has 0 radical (unpaired) electrons. The van der Waals surface area contributed by atoms with Crippen LogP contribution in [0.15, 0.2) is 28.6 Å². The number of likely N-dealkylation sites (N-methyl/N-ethyl adjacent to an activating group) is 1. The fraction of sp³-hybridized carbons (Fsp3) is 0.516. The number of hydrogen-bond donors (Lipinski definition) is 3. The molecule has 0 unspecified atom stereocenters. The second-order valence-corrected chi connectivity index (χ2v) is 10.6. The second kappa shape index (κ2) is 12.7. The number of allylic oxidation sites excluding steroid dienone is 1. The Bertz CT molecular complexity index is 1330. The molecule has 1 aromatic heterocycles. The van der Waals surface area contributed by atoms with Crippen LogP contribution < -0.4 is 31.7 Å². The van der Waals surface area contributed by atoms with E-state index in [1.54, 1.807) is 0 Å². The largest absolute Gasteiger partial charge is 0.381 e. The molecule has 2 saturated heterocycles. The molecule has 0 aliphatic carbocycles. The Hall–Kier alpha value is -3.03. The number of anilines is 3. The van der Waals surface area contributed by atoms with E-state index in [1.807, 2.05) is 19.9 Å². The van der Waals surface area contributed by atoms with Crippen LogP contribution in [0.25, 0.3) is 17.8 Å². The molecule has 1 aromatic carbocycles. The van der Waals surface area contributed by atoms with Crippen LogP contribution in [0.5, 0.6) is 0 Å². The highest BCUT2D eigenvalue weighted by molar-refractivity contribution is 5.86. The highest BCUT2D eigenvalue weighted by Gasteiger charge is 2.22. The molecule has 0 saturated carbocycles. The summed E-state index contributed by atoms with van der Waals surface area (Å²) < 4.78 is 5.60. The minimum Gasteiger partial charge on any atom is -0.381 e. The Morgan fingerprint density at radius 1 is 1.13 bits per heavy atom. The monoisotopic (exact) mass is 519 g/mol. The maximum atomic E-state index is 13.8. The summed E-state index contributed by atoms with van der Waals surface area (Å²) in [5, 5.41) is 9.39. The number of rotatable bonds is 7. The van der Waals surface area contributed by atoms with Gasteiger partial charge in [-0.1, -0.05) is 25.1 Å². The molecular formula is C31H45N5O2. The van der Waals surface area contributed by atoms with Crippen LogP contribution >= 0.6 is 0 Å². The molecule has 0 atom stereocenters. The molecule has 3 heterocycles. The number of piperazine rings is 1. The van der Waals surface area contributed by atoms with Gasteiger partial charge in [0.1, 0.15) is 0 Å². The van der Waals surface area contributed by atoms with Crippen LogP contribution in [0, 0.1) is 6.92 Å². The quantitative estimate of drug-likeness (QED) is 0.516. The first-order chi connectivity index (χ1) is 18.4. The van der Waals surface area contributed by atoms with E-state index in [0.717, 1.165) is 97.4 Å². The van der Waals surface area contributed by atoms with Crippen molar-refractivity contribution in [3.8, 4) is 0 Å². The summed E-state index contributed by atoms with van der Waals surface area (Å²) in [6.45, 7) is 16.0. The van der Waals surface area contributed by atoms with Crippen molar-refractivity contribution in [1.29, 1.82) is 0 Å². The van der Waals surface area contributed by atoms with Gasteiger partial charge in [0.15, 0.2) is 0 Å². The number of aromatic nitrogens is 1. The van der Waals surface area contributed by atoms with Gasteiger partial charge in [-0.25, -0.2) is 0 Å². The van der Waals surface area contributed by atoms with Crippen molar-refractivity contribution in [2.75, 3.05) is 62.0 Å². The fourth-order valence-corrected chi connectivity index (χ4v) is 5.30. The van der Waals surface area contributed by atoms with Crippen molar-refractivity contribution in [2.24, 2.45) is 0 Å². The zero-order chi connectivity index (χ0) is 27.2. The smallest absolute Gasteiger partial charge is 0.259 e. The Morgan fingerprint density at radius 3 is 2.47 bits per heavy atom. The number of hydrogen-bond acceptors (Lipinski definition) is 6. The van der Waals surface area contributed by atoms with Crippen LogP contribution in [0.1, 0.15) is 58.1 Å². The first-order valence-electron chi connectivity index (χ1n) is 14.1. The minimum absolute atomic E-state index is 0.0820. The van der Waals surface area contributed by atoms with Gasteiger partial charge in [-0.05, 0) is 77.3 Å². The predicted molar refractivity (Wildman–Crippen MR) is 161 cm³/mol. The van der Waals surface area contributed by atoms with E-state index in [1.165, 1.54) is 5.69 Å². The van der Waals surface area contributed by atoms with E-state index in [2.05, 4.69) is 77.5 Å². The maximum absolute atomic E-state index is 13.8. The van der Waals surface area contributed by atoms with Gasteiger partial charge in [-0.2, -0.15) is 0 Å². The standard InChI is InChI=1S/C31H45N5O2/c1-7-21(4)29(33-27-20-24(11-10-22(27)5)36-16-14-35(6)15-17-36)28-30(32-23-12-18-38-19-13-23)25(8-2)26(9-3)34-31(28)37/h8-11,20,23,32-33H,7,12-19H2,1-6H3,(H,34,37)/b25-8+,26-9+,29-21+. The van der Waals surface area contributed by atoms with Crippen LogP contribution in [-0.4, -0.2) is 62.4 Å². The second-order valence-electron chi connectivity index (χ2n) is 10.6. The van der Waals surface area contributed by atoms with E-state index in [-0.39, 0.29) is 11.6 Å². The van der Waals surface area contributed by atoms with Gasteiger partial charge in [0.25, 0.3) is 5.56 Å². The van der Waals surface area contributed by atoms with Gasteiger partial charge in [0, 0.05) is 67.4 Å². The number of H-pyrrole nitrogens is 1. The molecule has 7 heteroatoms. The van der Waals surface area contributed by atoms with Crippen LogP contribution in [0.2, 0.25) is 0 Å². The molecule has 2 aromatic rings. The SMILES string of the molecule is C/C=c1/c(NC2CCOCC2)c(/C(Nc2cc(N3CCN(C)CC3)ccc2C)=C(/C)CC)c(=O)[nH]/c1=C/C. The molecule has 4 rings (SSSR count). The van der Waals surface area contributed by atoms with Crippen LogP contribution in [0.4, 0.5) is 17.1 Å². The number of nitrogens with zero attached hydrogens (tertiary/aromatic N) is 2. The Balaban J connectivity index is 1.82. The summed E-state index contributed by atoms with van der Waals surface area (Å²) >= 11 is 0. The van der Waals surface area contributed by atoms with Crippen molar-refractivity contribution in [1.82, 2.24) is 9.88 Å². The number of nitrogens with one attached hydrogen (secondary N) is 3. The predicted octanol–water partition coefficient (Wildman–Crippen LogP) is 3.88. The fourth-order valence-electron chi connectivity index (χ4n) is 5.30. The average Bonchev–Trinajstić information content (AvgIpc) is 2.93. The number of aromatic amines is 1. The topological polar surface area (TPSA) is 72.6 Å². The van der Waals surface area contributed by atoms with Gasteiger partial charge in [0.2, 0.25) is 0 Å². The van der Waals surface area contributed by atoms with E-state index >= 15 is 0 Å². The normalized spacial score (nSPS) is 19.1. The van der Waals surface area contributed by atoms with E-state index < -0.39 is 0 Å². The summed E-state index contributed by atoms with van der Waals surface area (Å²) in [6.07, 6.45) is 6.75. The Morgan fingerprint density at radius 2 is 1.84 bits per heavy atom. The Kier molecular flexibility index (Phi) is 9.34. The molecule has 7 nitrogen and oxygen atoms in total. The lowest BCUT2D eigenvalue weighted by Crippen LogP contribution is -2.44. The van der Waals surface area contributed by atoms with E-state index in [4.69, 9.17) is 4.74 Å². The molecule has 206 valence electrons. The summed E-state index contributed by atoms with van der Waals surface area (Å²) in [5.41, 5.74) is 6.93. The van der Waals surface area contributed by atoms with Crippen molar-refractivity contribution in [3.63, 3.8) is 0 Å². The average molecular weight is 520 g/mol. The Labute approximate surface area is 227 Å². The summed E-state index contributed by atoms with van der Waals surface area (Å²) in [4.78, 5) is 21.7. The number of aryl methyl sites for hydroxylation is 1. The molecule has 2 aliphatic rings. The third-order valence-corrected chi connectivity index (χ3v) is 7.99.